The standard InChI is InChI=1S/C28H18N4/c1-3-7-25-21(5-1)13-15-27-23(17-29-31(25)27)19-9-11-20(12-10-19)24-18-30-32-26-8-4-2-6-22(26)14-16-28(24)32/h1-18H. The Hall–Kier alpha value is -4.44. The molecule has 0 amide bonds. The van der Waals surface area contributed by atoms with Crippen LogP contribution in [-0.2, 0) is 0 Å². The third-order valence-corrected chi connectivity index (χ3v) is 6.29. The van der Waals surface area contributed by atoms with Gasteiger partial charge < -0.3 is 0 Å². The molecule has 4 aromatic heterocycles. The van der Waals surface area contributed by atoms with Crippen molar-refractivity contribution in [2.75, 3.05) is 0 Å². The van der Waals surface area contributed by atoms with E-state index in [-0.39, 0.29) is 0 Å². The molecule has 4 nitrogen and oxygen atoms in total. The number of benzene rings is 3. The first-order valence-corrected chi connectivity index (χ1v) is 10.7. The van der Waals surface area contributed by atoms with E-state index in [1.807, 2.05) is 21.4 Å². The number of rotatable bonds is 2. The van der Waals surface area contributed by atoms with Crippen molar-refractivity contribution in [3.05, 3.63) is 109 Å². The lowest BCUT2D eigenvalue weighted by atomic mass is 10.0. The summed E-state index contributed by atoms with van der Waals surface area (Å²) < 4.78 is 4.05. The van der Waals surface area contributed by atoms with Crippen LogP contribution in [0.15, 0.2) is 109 Å². The van der Waals surface area contributed by atoms with Gasteiger partial charge in [-0.1, -0.05) is 72.8 Å². The van der Waals surface area contributed by atoms with E-state index in [1.165, 1.54) is 10.8 Å². The molecule has 0 spiro atoms. The van der Waals surface area contributed by atoms with Crippen LogP contribution in [0.3, 0.4) is 0 Å². The van der Waals surface area contributed by atoms with Crippen LogP contribution in [0.2, 0.25) is 0 Å². The smallest absolute Gasteiger partial charge is 0.0747 e. The predicted octanol–water partition coefficient (Wildman–Crippen LogP) is 6.62. The van der Waals surface area contributed by atoms with Crippen molar-refractivity contribution in [3.63, 3.8) is 0 Å². The van der Waals surface area contributed by atoms with E-state index in [1.54, 1.807) is 0 Å². The highest BCUT2D eigenvalue weighted by Gasteiger charge is 2.12. The molecule has 0 unspecified atom stereocenters. The first-order chi connectivity index (χ1) is 15.9. The van der Waals surface area contributed by atoms with Gasteiger partial charge in [0.2, 0.25) is 0 Å². The quantitative estimate of drug-likeness (QED) is 0.321. The number of fused-ring (bicyclic) bond motifs is 6. The van der Waals surface area contributed by atoms with Gasteiger partial charge >= 0.3 is 0 Å². The van der Waals surface area contributed by atoms with E-state index < -0.39 is 0 Å². The van der Waals surface area contributed by atoms with Crippen LogP contribution < -0.4 is 0 Å². The molecule has 150 valence electrons. The summed E-state index contributed by atoms with van der Waals surface area (Å²) in [4.78, 5) is 0. The van der Waals surface area contributed by atoms with Gasteiger partial charge in [-0.25, -0.2) is 9.03 Å². The van der Waals surface area contributed by atoms with Crippen molar-refractivity contribution in [2.24, 2.45) is 0 Å². The minimum Gasteiger partial charge on any atom is -0.232 e. The highest BCUT2D eigenvalue weighted by atomic mass is 15.2. The van der Waals surface area contributed by atoms with E-state index in [2.05, 4.69) is 107 Å². The lowest BCUT2D eigenvalue weighted by molar-refractivity contribution is 1.00. The van der Waals surface area contributed by atoms with Crippen molar-refractivity contribution in [1.29, 1.82) is 0 Å². The van der Waals surface area contributed by atoms with E-state index in [4.69, 9.17) is 0 Å². The van der Waals surface area contributed by atoms with Gasteiger partial charge in [-0.3, -0.25) is 0 Å². The van der Waals surface area contributed by atoms with Crippen LogP contribution in [0.4, 0.5) is 0 Å². The summed E-state index contributed by atoms with van der Waals surface area (Å²) in [5.41, 5.74) is 9.03. The van der Waals surface area contributed by atoms with Gasteiger partial charge in [-0.2, -0.15) is 10.2 Å². The number of nitrogens with zero attached hydrogens (tertiary/aromatic N) is 4. The molecule has 0 bridgehead atoms. The summed E-state index contributed by atoms with van der Waals surface area (Å²) in [5, 5.41) is 11.7. The van der Waals surface area contributed by atoms with Crippen molar-refractivity contribution in [3.8, 4) is 22.3 Å². The summed E-state index contributed by atoms with van der Waals surface area (Å²) in [5.74, 6) is 0. The monoisotopic (exact) mass is 410 g/mol. The maximum absolute atomic E-state index is 4.67. The van der Waals surface area contributed by atoms with E-state index in [0.29, 0.717) is 0 Å². The summed E-state index contributed by atoms with van der Waals surface area (Å²) in [6, 6.07) is 34.0. The first kappa shape index (κ1) is 17.3. The van der Waals surface area contributed by atoms with Crippen LogP contribution in [0.25, 0.3) is 55.1 Å². The highest BCUT2D eigenvalue weighted by molar-refractivity contribution is 5.91. The van der Waals surface area contributed by atoms with Crippen LogP contribution in [-0.4, -0.2) is 19.2 Å². The van der Waals surface area contributed by atoms with E-state index in [9.17, 15) is 0 Å². The molecular formula is C28H18N4. The zero-order valence-electron chi connectivity index (χ0n) is 17.2. The molecule has 0 N–H and O–H groups in total. The molecule has 7 aromatic rings. The number of hydrogen-bond acceptors (Lipinski definition) is 2. The molecule has 0 aliphatic rings. The highest BCUT2D eigenvalue weighted by Crippen LogP contribution is 2.31. The van der Waals surface area contributed by atoms with Gasteiger partial charge in [0.05, 0.1) is 34.5 Å². The topological polar surface area (TPSA) is 34.6 Å². The number of hydrogen-bond donors (Lipinski definition) is 0. The maximum atomic E-state index is 4.67. The molecule has 0 radical (unpaired) electrons. The maximum Gasteiger partial charge on any atom is 0.0747 e. The summed E-state index contributed by atoms with van der Waals surface area (Å²) in [6.07, 6.45) is 3.91. The summed E-state index contributed by atoms with van der Waals surface area (Å²) in [6.45, 7) is 0. The second kappa shape index (κ2) is 6.53. The summed E-state index contributed by atoms with van der Waals surface area (Å²) >= 11 is 0. The van der Waals surface area contributed by atoms with E-state index in [0.717, 1.165) is 44.3 Å². The second-order valence-corrected chi connectivity index (χ2v) is 8.07. The van der Waals surface area contributed by atoms with Crippen molar-refractivity contribution in [1.82, 2.24) is 19.2 Å². The molecule has 0 aliphatic carbocycles. The van der Waals surface area contributed by atoms with Crippen LogP contribution in [0.5, 0.6) is 0 Å². The molecule has 0 fully saturated rings. The lowest BCUT2D eigenvalue weighted by Crippen LogP contribution is -1.89. The largest absolute Gasteiger partial charge is 0.232 e. The minimum absolute atomic E-state index is 1.11. The van der Waals surface area contributed by atoms with Gasteiger partial charge in [0.15, 0.2) is 0 Å². The Kier molecular flexibility index (Phi) is 3.52. The molecule has 3 aromatic carbocycles. The zero-order valence-corrected chi connectivity index (χ0v) is 17.2. The van der Waals surface area contributed by atoms with Crippen LogP contribution >= 0.6 is 0 Å². The zero-order chi connectivity index (χ0) is 21.1. The molecular weight excluding hydrogens is 392 g/mol. The fourth-order valence-corrected chi connectivity index (χ4v) is 4.67. The van der Waals surface area contributed by atoms with Crippen LogP contribution in [0, 0.1) is 0 Å². The molecule has 0 saturated heterocycles. The molecule has 4 heteroatoms. The molecule has 0 atom stereocenters. The predicted molar refractivity (Wildman–Crippen MR) is 130 cm³/mol. The molecule has 4 heterocycles. The molecule has 7 rings (SSSR count). The van der Waals surface area contributed by atoms with Gasteiger partial charge in [0.1, 0.15) is 0 Å². The van der Waals surface area contributed by atoms with Crippen LogP contribution in [0.1, 0.15) is 0 Å². The first-order valence-electron chi connectivity index (χ1n) is 10.7. The molecule has 0 saturated carbocycles. The van der Waals surface area contributed by atoms with E-state index >= 15 is 0 Å². The Balaban J connectivity index is 1.33. The number of pyridine rings is 2. The average Bonchev–Trinajstić information content (AvgIpc) is 3.49. The third-order valence-electron chi connectivity index (χ3n) is 6.29. The third kappa shape index (κ3) is 2.44. The Morgan fingerprint density at radius 1 is 0.406 bits per heavy atom. The van der Waals surface area contributed by atoms with Gasteiger partial charge in [0, 0.05) is 21.9 Å². The van der Waals surface area contributed by atoms with Gasteiger partial charge in [-0.05, 0) is 35.4 Å². The minimum atomic E-state index is 1.11. The van der Waals surface area contributed by atoms with Crippen molar-refractivity contribution in [2.45, 2.75) is 0 Å². The number of para-hydroxylation sites is 2. The van der Waals surface area contributed by atoms with Gasteiger partial charge in [-0.15, -0.1) is 0 Å². The van der Waals surface area contributed by atoms with Gasteiger partial charge in [0.25, 0.3) is 0 Å². The van der Waals surface area contributed by atoms with Crippen molar-refractivity contribution < 1.29 is 0 Å². The fraction of sp³-hybridized carbons (Fsp3) is 0. The summed E-state index contributed by atoms with van der Waals surface area (Å²) in [7, 11) is 0. The Morgan fingerprint density at radius 3 is 1.31 bits per heavy atom. The lowest BCUT2D eigenvalue weighted by Gasteiger charge is -2.05. The fourth-order valence-electron chi connectivity index (χ4n) is 4.67. The molecule has 0 aliphatic heterocycles. The molecule has 32 heavy (non-hydrogen) atoms. The average molecular weight is 410 g/mol. The SMILES string of the molecule is c1ccc2c(c1)ccc1c(-c3ccc(-c4cnn5c4ccc4ccccc45)cc3)cnn12. The normalized spacial score (nSPS) is 11.8. The Morgan fingerprint density at radius 2 is 0.844 bits per heavy atom. The van der Waals surface area contributed by atoms with Crippen molar-refractivity contribution >= 4 is 32.8 Å². The Bertz CT molecular complexity index is 1640. The number of aromatic nitrogens is 4. The Labute approximate surface area is 184 Å². The second-order valence-electron chi connectivity index (χ2n) is 8.07.